The summed E-state index contributed by atoms with van der Waals surface area (Å²) in [6.45, 7) is 7.23. The van der Waals surface area contributed by atoms with Gasteiger partial charge in [-0.05, 0) is 72.0 Å². The number of hydrogen-bond donors (Lipinski definition) is 1. The Labute approximate surface area is 210 Å². The molecular weight excluding hydrogens is 454 g/mol. The van der Waals surface area contributed by atoms with Gasteiger partial charge in [0, 0.05) is 17.7 Å². The first-order valence-corrected chi connectivity index (χ1v) is 12.3. The minimum Gasteiger partial charge on any atom is -0.507 e. The van der Waals surface area contributed by atoms with Crippen molar-refractivity contribution in [1.82, 2.24) is 0 Å². The van der Waals surface area contributed by atoms with Crippen molar-refractivity contribution in [3.63, 3.8) is 0 Å². The van der Waals surface area contributed by atoms with Gasteiger partial charge >= 0.3 is 0 Å². The summed E-state index contributed by atoms with van der Waals surface area (Å²) in [7, 11) is 0. The van der Waals surface area contributed by atoms with E-state index in [4.69, 9.17) is 9.47 Å². The number of aliphatic hydroxyl groups is 1. The Hall–Kier alpha value is -4.06. The summed E-state index contributed by atoms with van der Waals surface area (Å²) in [5, 5.41) is 11.4. The van der Waals surface area contributed by atoms with Crippen LogP contribution in [-0.4, -0.2) is 30.0 Å². The average Bonchev–Trinajstić information content (AvgIpc) is 3.46. The summed E-state index contributed by atoms with van der Waals surface area (Å²) in [5.41, 5.74) is 3.99. The predicted octanol–water partition coefficient (Wildman–Crippen LogP) is 5.77. The molecule has 1 atom stereocenters. The summed E-state index contributed by atoms with van der Waals surface area (Å²) >= 11 is 0. The van der Waals surface area contributed by atoms with Crippen LogP contribution in [0.1, 0.15) is 55.0 Å². The maximum atomic E-state index is 13.4. The Morgan fingerprint density at radius 3 is 2.44 bits per heavy atom. The highest BCUT2D eigenvalue weighted by molar-refractivity contribution is 6.51. The van der Waals surface area contributed by atoms with E-state index in [1.807, 2.05) is 37.3 Å². The number of aliphatic hydroxyl groups excluding tert-OH is 1. The summed E-state index contributed by atoms with van der Waals surface area (Å²) in [5.74, 6) is 0.219. The van der Waals surface area contributed by atoms with Crippen LogP contribution in [-0.2, 0) is 16.0 Å². The lowest BCUT2D eigenvalue weighted by Gasteiger charge is -2.26. The van der Waals surface area contributed by atoms with Crippen LogP contribution in [0.2, 0.25) is 0 Å². The first-order valence-electron chi connectivity index (χ1n) is 12.3. The van der Waals surface area contributed by atoms with Crippen molar-refractivity contribution in [1.29, 1.82) is 0 Å². The summed E-state index contributed by atoms with van der Waals surface area (Å²) in [4.78, 5) is 28.3. The number of rotatable bonds is 6. The molecule has 6 nitrogen and oxygen atoms in total. The number of ketones is 1. The van der Waals surface area contributed by atoms with E-state index in [9.17, 15) is 14.7 Å². The third-order valence-electron chi connectivity index (χ3n) is 6.75. The molecule has 3 aromatic rings. The number of carbonyl (C=O) groups excluding carboxylic acids is 2. The Morgan fingerprint density at radius 1 is 1.06 bits per heavy atom. The standard InChI is InChI=1S/C30H29NO5/c1-4-35-24-12-10-23(11-13-24)31-27(20-7-5-19(6-8-20)18(2)3)26(29(33)30(31)34)28(32)22-9-14-25-21(17-22)15-16-36-25/h5-14,17-18,27,32H,4,15-16H2,1-3H3/b28-26-. The molecule has 1 amide bonds. The van der Waals surface area contributed by atoms with Crippen molar-refractivity contribution < 1.29 is 24.2 Å². The molecule has 5 rings (SSSR count). The number of anilines is 1. The molecule has 0 bridgehead atoms. The number of amides is 1. The SMILES string of the molecule is CCOc1ccc(N2C(=O)C(=O)/C(=C(\O)c3ccc4c(c3)CCO4)C2c2ccc(C(C)C)cc2)cc1. The van der Waals surface area contributed by atoms with Crippen molar-refractivity contribution in [2.75, 3.05) is 18.1 Å². The lowest BCUT2D eigenvalue weighted by Crippen LogP contribution is -2.29. The highest BCUT2D eigenvalue weighted by atomic mass is 16.5. The molecule has 0 radical (unpaired) electrons. The zero-order valence-corrected chi connectivity index (χ0v) is 20.7. The Balaban J connectivity index is 1.65. The third-order valence-corrected chi connectivity index (χ3v) is 6.75. The van der Waals surface area contributed by atoms with Crippen molar-refractivity contribution in [2.45, 2.75) is 39.2 Å². The largest absolute Gasteiger partial charge is 0.507 e. The number of ether oxygens (including phenoxy) is 2. The van der Waals surface area contributed by atoms with E-state index in [1.54, 1.807) is 36.4 Å². The van der Waals surface area contributed by atoms with Crippen molar-refractivity contribution in [2.24, 2.45) is 0 Å². The van der Waals surface area contributed by atoms with Gasteiger partial charge in [-0.2, -0.15) is 0 Å². The fourth-order valence-corrected chi connectivity index (χ4v) is 4.84. The molecule has 36 heavy (non-hydrogen) atoms. The molecular formula is C30H29NO5. The zero-order chi connectivity index (χ0) is 25.4. The monoisotopic (exact) mass is 483 g/mol. The second-order valence-electron chi connectivity index (χ2n) is 9.34. The van der Waals surface area contributed by atoms with Crippen LogP contribution in [0.15, 0.2) is 72.3 Å². The van der Waals surface area contributed by atoms with Crippen molar-refractivity contribution >= 4 is 23.1 Å². The van der Waals surface area contributed by atoms with E-state index >= 15 is 0 Å². The first-order chi connectivity index (χ1) is 17.4. The normalized spacial score (nSPS) is 18.4. The van der Waals surface area contributed by atoms with E-state index in [0.717, 1.165) is 28.9 Å². The molecule has 1 unspecified atom stereocenters. The fourth-order valence-electron chi connectivity index (χ4n) is 4.84. The molecule has 184 valence electrons. The average molecular weight is 484 g/mol. The molecule has 0 spiro atoms. The molecule has 2 heterocycles. The molecule has 1 fully saturated rings. The molecule has 3 aromatic carbocycles. The van der Waals surface area contributed by atoms with Crippen LogP contribution in [0.3, 0.4) is 0 Å². The van der Waals surface area contributed by atoms with Crippen LogP contribution in [0.4, 0.5) is 5.69 Å². The predicted molar refractivity (Wildman–Crippen MR) is 139 cm³/mol. The van der Waals surface area contributed by atoms with Crippen molar-refractivity contribution in [3.05, 3.63) is 94.6 Å². The first kappa shape index (κ1) is 23.7. The van der Waals surface area contributed by atoms with Crippen molar-refractivity contribution in [3.8, 4) is 11.5 Å². The number of Topliss-reactive ketones (excluding diaryl/α,β-unsaturated/α-hetero) is 1. The van der Waals surface area contributed by atoms with E-state index < -0.39 is 17.7 Å². The van der Waals surface area contributed by atoms with Crippen LogP contribution >= 0.6 is 0 Å². The second kappa shape index (κ2) is 9.53. The van der Waals surface area contributed by atoms with Gasteiger partial charge in [-0.25, -0.2) is 0 Å². The lowest BCUT2D eigenvalue weighted by atomic mass is 9.92. The molecule has 6 heteroatoms. The van der Waals surface area contributed by atoms with Crippen LogP contribution in [0, 0.1) is 0 Å². The topological polar surface area (TPSA) is 76.1 Å². The summed E-state index contributed by atoms with van der Waals surface area (Å²) in [6, 6.07) is 19.5. The number of benzene rings is 3. The van der Waals surface area contributed by atoms with Gasteiger partial charge in [0.25, 0.3) is 11.7 Å². The van der Waals surface area contributed by atoms with Gasteiger partial charge in [0.15, 0.2) is 0 Å². The Kier molecular flexibility index (Phi) is 6.27. The number of hydrogen-bond acceptors (Lipinski definition) is 5. The molecule has 0 saturated carbocycles. The number of fused-ring (bicyclic) bond motifs is 1. The zero-order valence-electron chi connectivity index (χ0n) is 20.7. The van der Waals surface area contributed by atoms with E-state index in [-0.39, 0.29) is 11.3 Å². The van der Waals surface area contributed by atoms with Gasteiger partial charge in [0.1, 0.15) is 17.3 Å². The molecule has 0 aromatic heterocycles. The highest BCUT2D eigenvalue weighted by Crippen LogP contribution is 2.43. The number of nitrogens with zero attached hydrogens (tertiary/aromatic N) is 1. The molecule has 1 N–H and O–H groups in total. The lowest BCUT2D eigenvalue weighted by molar-refractivity contribution is -0.132. The maximum Gasteiger partial charge on any atom is 0.300 e. The van der Waals surface area contributed by atoms with Gasteiger partial charge in [-0.15, -0.1) is 0 Å². The third kappa shape index (κ3) is 4.13. The minimum absolute atomic E-state index is 0.0741. The van der Waals surface area contributed by atoms with E-state index in [0.29, 0.717) is 36.1 Å². The van der Waals surface area contributed by atoms with Gasteiger partial charge in [0.2, 0.25) is 0 Å². The quantitative estimate of drug-likeness (QED) is 0.274. The van der Waals surface area contributed by atoms with E-state index in [2.05, 4.69) is 13.8 Å². The Morgan fingerprint density at radius 2 is 1.78 bits per heavy atom. The second-order valence-corrected chi connectivity index (χ2v) is 9.34. The maximum absolute atomic E-state index is 13.4. The molecule has 2 aliphatic heterocycles. The smallest absolute Gasteiger partial charge is 0.300 e. The summed E-state index contributed by atoms with van der Waals surface area (Å²) in [6.07, 6.45) is 0.733. The molecule has 1 saturated heterocycles. The van der Waals surface area contributed by atoms with Crippen LogP contribution in [0.25, 0.3) is 5.76 Å². The molecule has 0 aliphatic carbocycles. The minimum atomic E-state index is -0.770. The van der Waals surface area contributed by atoms with Gasteiger partial charge < -0.3 is 14.6 Å². The number of carbonyl (C=O) groups is 2. The Bertz CT molecular complexity index is 1340. The van der Waals surface area contributed by atoms with E-state index in [1.165, 1.54) is 4.90 Å². The molecule has 2 aliphatic rings. The van der Waals surface area contributed by atoms with Gasteiger partial charge in [-0.3, -0.25) is 14.5 Å². The van der Waals surface area contributed by atoms with Crippen LogP contribution in [0.5, 0.6) is 11.5 Å². The summed E-state index contributed by atoms with van der Waals surface area (Å²) < 4.78 is 11.1. The van der Waals surface area contributed by atoms with Gasteiger partial charge in [-0.1, -0.05) is 38.1 Å². The van der Waals surface area contributed by atoms with Gasteiger partial charge in [0.05, 0.1) is 24.8 Å². The van der Waals surface area contributed by atoms with Crippen LogP contribution < -0.4 is 14.4 Å². The fraction of sp³-hybridized carbons (Fsp3) is 0.267. The highest BCUT2D eigenvalue weighted by Gasteiger charge is 2.47.